The van der Waals surface area contributed by atoms with Crippen molar-refractivity contribution in [3.63, 3.8) is 0 Å². The Morgan fingerprint density at radius 1 is 0.407 bits per heavy atom. The highest BCUT2D eigenvalue weighted by molar-refractivity contribution is 5.53. The molecule has 3 heteroatoms. The van der Waals surface area contributed by atoms with Crippen LogP contribution < -0.4 is 15.2 Å². The van der Waals surface area contributed by atoms with Crippen LogP contribution in [0.3, 0.4) is 0 Å². The summed E-state index contributed by atoms with van der Waals surface area (Å²) in [5.74, 6) is 3.23. The Labute approximate surface area is 159 Å². The Morgan fingerprint density at radius 3 is 1.22 bits per heavy atom. The van der Waals surface area contributed by atoms with E-state index < -0.39 is 0 Å². The Bertz CT molecular complexity index is 888. The smallest absolute Gasteiger partial charge is 0.150 e. The predicted molar refractivity (Wildman–Crippen MR) is 110 cm³/mol. The Kier molecular flexibility index (Phi) is 6.48. The molecular formula is C24H21NO2. The SMILES string of the molecule is Nc1ccccc1Oc1ccccc1.c1ccc(Oc2ccccc2)cc1. The van der Waals surface area contributed by atoms with Gasteiger partial charge in [-0.05, 0) is 48.5 Å². The van der Waals surface area contributed by atoms with Gasteiger partial charge in [0.1, 0.15) is 23.0 Å². The molecule has 0 heterocycles. The molecule has 134 valence electrons. The molecule has 0 bridgehead atoms. The van der Waals surface area contributed by atoms with Gasteiger partial charge in [0, 0.05) is 0 Å². The third-order valence-corrected chi connectivity index (χ3v) is 3.61. The predicted octanol–water partition coefficient (Wildman–Crippen LogP) is 6.54. The summed E-state index contributed by atoms with van der Waals surface area (Å²) in [5, 5.41) is 0. The lowest BCUT2D eigenvalue weighted by molar-refractivity contribution is 0.482. The Morgan fingerprint density at radius 2 is 0.778 bits per heavy atom. The topological polar surface area (TPSA) is 44.5 Å². The molecule has 0 spiro atoms. The highest BCUT2D eigenvalue weighted by atomic mass is 16.5. The van der Waals surface area contributed by atoms with Crippen molar-refractivity contribution in [1.82, 2.24) is 0 Å². The first-order chi connectivity index (χ1) is 13.3. The van der Waals surface area contributed by atoms with Crippen molar-refractivity contribution >= 4 is 5.69 Å². The van der Waals surface area contributed by atoms with Gasteiger partial charge in [0.25, 0.3) is 0 Å². The molecule has 0 saturated carbocycles. The van der Waals surface area contributed by atoms with Gasteiger partial charge in [-0.25, -0.2) is 0 Å². The lowest BCUT2D eigenvalue weighted by Gasteiger charge is -2.07. The van der Waals surface area contributed by atoms with Crippen LogP contribution in [0.2, 0.25) is 0 Å². The number of anilines is 1. The number of nitrogen functional groups attached to an aromatic ring is 1. The zero-order chi connectivity index (χ0) is 18.7. The molecule has 0 aliphatic rings. The summed E-state index contributed by atoms with van der Waals surface area (Å²) in [6.07, 6.45) is 0. The number of nitrogens with two attached hydrogens (primary N) is 1. The summed E-state index contributed by atoms with van der Waals surface area (Å²) in [5.41, 5.74) is 6.39. The van der Waals surface area contributed by atoms with Gasteiger partial charge in [-0.3, -0.25) is 0 Å². The molecular weight excluding hydrogens is 334 g/mol. The Hall–Kier alpha value is -3.72. The van der Waals surface area contributed by atoms with Gasteiger partial charge in [0.2, 0.25) is 0 Å². The van der Waals surface area contributed by atoms with Crippen LogP contribution in [-0.4, -0.2) is 0 Å². The third kappa shape index (κ3) is 5.94. The second-order valence-corrected chi connectivity index (χ2v) is 5.68. The molecule has 2 N–H and O–H groups in total. The van der Waals surface area contributed by atoms with Gasteiger partial charge >= 0.3 is 0 Å². The van der Waals surface area contributed by atoms with Crippen LogP contribution in [0.5, 0.6) is 23.0 Å². The highest BCUT2D eigenvalue weighted by Crippen LogP contribution is 2.26. The van der Waals surface area contributed by atoms with Crippen LogP contribution in [-0.2, 0) is 0 Å². The fourth-order valence-corrected chi connectivity index (χ4v) is 2.30. The van der Waals surface area contributed by atoms with Crippen molar-refractivity contribution in [2.45, 2.75) is 0 Å². The van der Waals surface area contributed by atoms with E-state index in [2.05, 4.69) is 0 Å². The van der Waals surface area contributed by atoms with Crippen molar-refractivity contribution in [2.75, 3.05) is 5.73 Å². The number of rotatable bonds is 4. The van der Waals surface area contributed by atoms with Crippen LogP contribution in [0.25, 0.3) is 0 Å². The fraction of sp³-hybridized carbons (Fsp3) is 0. The fourth-order valence-electron chi connectivity index (χ4n) is 2.30. The minimum atomic E-state index is 0.649. The number of ether oxygens (including phenoxy) is 2. The first-order valence-corrected chi connectivity index (χ1v) is 8.66. The summed E-state index contributed by atoms with van der Waals surface area (Å²) in [6.45, 7) is 0. The third-order valence-electron chi connectivity index (χ3n) is 3.61. The summed E-state index contributed by atoms with van der Waals surface area (Å²) < 4.78 is 11.2. The molecule has 0 radical (unpaired) electrons. The zero-order valence-corrected chi connectivity index (χ0v) is 14.9. The van der Waals surface area contributed by atoms with Crippen molar-refractivity contribution in [2.24, 2.45) is 0 Å². The first kappa shape index (κ1) is 18.1. The van der Waals surface area contributed by atoms with Crippen LogP contribution in [0.15, 0.2) is 115 Å². The number of hydrogen-bond acceptors (Lipinski definition) is 3. The van der Waals surface area contributed by atoms with Crippen molar-refractivity contribution in [3.8, 4) is 23.0 Å². The molecule has 0 aromatic heterocycles. The van der Waals surface area contributed by atoms with Crippen LogP contribution in [0.1, 0.15) is 0 Å². The molecule has 0 aliphatic heterocycles. The minimum Gasteiger partial charge on any atom is -0.457 e. The van der Waals surface area contributed by atoms with Gasteiger partial charge in [-0.1, -0.05) is 66.7 Å². The maximum atomic E-state index is 5.74. The zero-order valence-electron chi connectivity index (χ0n) is 14.9. The van der Waals surface area contributed by atoms with Gasteiger partial charge in [0.15, 0.2) is 0 Å². The summed E-state index contributed by atoms with van der Waals surface area (Å²) in [4.78, 5) is 0. The van der Waals surface area contributed by atoms with E-state index in [9.17, 15) is 0 Å². The van der Waals surface area contributed by atoms with Crippen molar-refractivity contribution in [3.05, 3.63) is 115 Å². The van der Waals surface area contributed by atoms with Gasteiger partial charge in [-0.2, -0.15) is 0 Å². The number of benzene rings is 4. The molecule has 3 nitrogen and oxygen atoms in total. The highest BCUT2D eigenvalue weighted by Gasteiger charge is 1.99. The average molecular weight is 355 g/mol. The quantitative estimate of drug-likeness (QED) is 0.423. The normalized spacial score (nSPS) is 9.63. The minimum absolute atomic E-state index is 0.649. The summed E-state index contributed by atoms with van der Waals surface area (Å²) in [6, 6.07) is 36.5. The van der Waals surface area contributed by atoms with E-state index in [4.69, 9.17) is 15.2 Å². The van der Waals surface area contributed by atoms with E-state index in [1.807, 2.05) is 115 Å². The average Bonchev–Trinajstić information content (AvgIpc) is 2.73. The van der Waals surface area contributed by atoms with Gasteiger partial charge in [0.05, 0.1) is 5.69 Å². The summed E-state index contributed by atoms with van der Waals surface area (Å²) in [7, 11) is 0. The molecule has 0 atom stereocenters. The molecule has 0 aliphatic carbocycles. The molecule has 0 saturated heterocycles. The van der Waals surface area contributed by atoms with Gasteiger partial charge in [-0.15, -0.1) is 0 Å². The first-order valence-electron chi connectivity index (χ1n) is 8.66. The van der Waals surface area contributed by atoms with E-state index in [-0.39, 0.29) is 0 Å². The maximum absolute atomic E-state index is 5.74. The lowest BCUT2D eigenvalue weighted by Crippen LogP contribution is -1.90. The molecule has 27 heavy (non-hydrogen) atoms. The molecule has 0 unspecified atom stereocenters. The Balaban J connectivity index is 0.000000156. The lowest BCUT2D eigenvalue weighted by atomic mass is 10.3. The van der Waals surface area contributed by atoms with Crippen molar-refractivity contribution in [1.29, 1.82) is 0 Å². The second kappa shape index (κ2) is 9.68. The standard InChI is InChI=1S/C12H11NO.C12H10O/c13-11-8-4-5-9-12(11)14-10-6-2-1-3-7-10;1-3-7-11(8-4-1)13-12-9-5-2-6-10-12/h1-9H,13H2;1-10H. The van der Waals surface area contributed by atoms with E-state index in [0.717, 1.165) is 17.2 Å². The van der Waals surface area contributed by atoms with E-state index >= 15 is 0 Å². The van der Waals surface area contributed by atoms with Gasteiger partial charge < -0.3 is 15.2 Å². The molecule has 4 aromatic carbocycles. The molecule has 4 aromatic rings. The summed E-state index contributed by atoms with van der Waals surface area (Å²) >= 11 is 0. The van der Waals surface area contributed by atoms with Crippen molar-refractivity contribution < 1.29 is 9.47 Å². The monoisotopic (exact) mass is 355 g/mol. The van der Waals surface area contributed by atoms with Crippen LogP contribution in [0.4, 0.5) is 5.69 Å². The van der Waals surface area contributed by atoms with Crippen LogP contribution >= 0.6 is 0 Å². The maximum Gasteiger partial charge on any atom is 0.150 e. The number of para-hydroxylation sites is 5. The second-order valence-electron chi connectivity index (χ2n) is 5.68. The van der Waals surface area contributed by atoms with E-state index in [1.54, 1.807) is 0 Å². The van der Waals surface area contributed by atoms with Crippen LogP contribution in [0, 0.1) is 0 Å². The number of hydrogen-bond donors (Lipinski definition) is 1. The molecule has 4 rings (SSSR count). The molecule has 0 amide bonds. The molecule has 0 fully saturated rings. The van der Waals surface area contributed by atoms with E-state index in [1.165, 1.54) is 0 Å². The van der Waals surface area contributed by atoms with E-state index in [0.29, 0.717) is 11.4 Å². The largest absolute Gasteiger partial charge is 0.457 e.